The van der Waals surface area contributed by atoms with Crippen molar-refractivity contribution in [2.45, 2.75) is 44.9 Å². The maximum absolute atomic E-state index is 12.7. The Morgan fingerprint density at radius 1 is 1.06 bits per heavy atom. The number of aryl methyl sites for hydroxylation is 1. The Morgan fingerprint density at radius 2 is 1.74 bits per heavy atom. The number of benzene rings is 2. The highest BCUT2D eigenvalue weighted by atomic mass is 32.2. The van der Waals surface area contributed by atoms with Crippen LogP contribution in [0.25, 0.3) is 0 Å². The van der Waals surface area contributed by atoms with Gasteiger partial charge in [-0.25, -0.2) is 8.42 Å². The van der Waals surface area contributed by atoms with E-state index < -0.39 is 10.0 Å². The van der Waals surface area contributed by atoms with Crippen molar-refractivity contribution >= 4 is 21.6 Å². The third kappa shape index (κ3) is 6.31. The van der Waals surface area contributed by atoms with E-state index in [0.717, 1.165) is 37.5 Å². The van der Waals surface area contributed by atoms with E-state index in [9.17, 15) is 13.2 Å². The standard InChI is InChI=1S/C24H33N3O3S/c1-18-8-10-21(11-9-18)31(29,30)26-23-7-4-6-22(20(23)3)24(28)25-14-5-15-27-16-12-19(2)13-17-27/h4,6-11,19,26H,5,12-17H2,1-3H3,(H,25,28). The molecule has 0 spiro atoms. The molecule has 31 heavy (non-hydrogen) atoms. The molecule has 1 saturated heterocycles. The Hall–Kier alpha value is -2.38. The molecular formula is C24H33N3O3S. The lowest BCUT2D eigenvalue weighted by Gasteiger charge is -2.30. The minimum Gasteiger partial charge on any atom is -0.352 e. The summed E-state index contributed by atoms with van der Waals surface area (Å²) in [6, 6.07) is 11.8. The first-order chi connectivity index (χ1) is 14.8. The van der Waals surface area contributed by atoms with Crippen LogP contribution in [0.5, 0.6) is 0 Å². The minimum atomic E-state index is -3.72. The largest absolute Gasteiger partial charge is 0.352 e. The van der Waals surface area contributed by atoms with Crippen molar-refractivity contribution in [3.8, 4) is 0 Å². The lowest BCUT2D eigenvalue weighted by Crippen LogP contribution is -2.35. The van der Waals surface area contributed by atoms with Gasteiger partial charge in [-0.2, -0.15) is 0 Å². The van der Waals surface area contributed by atoms with Crippen LogP contribution >= 0.6 is 0 Å². The molecule has 2 N–H and O–H groups in total. The van der Waals surface area contributed by atoms with Gasteiger partial charge in [-0.3, -0.25) is 9.52 Å². The summed E-state index contributed by atoms with van der Waals surface area (Å²) in [5.41, 5.74) is 2.50. The van der Waals surface area contributed by atoms with Gasteiger partial charge in [0.2, 0.25) is 0 Å². The molecule has 2 aromatic carbocycles. The summed E-state index contributed by atoms with van der Waals surface area (Å²) in [6.07, 6.45) is 3.40. The van der Waals surface area contributed by atoms with Crippen LogP contribution in [0.3, 0.4) is 0 Å². The van der Waals surface area contributed by atoms with E-state index in [2.05, 4.69) is 21.9 Å². The molecule has 6 nitrogen and oxygen atoms in total. The van der Waals surface area contributed by atoms with Gasteiger partial charge in [0.05, 0.1) is 10.6 Å². The van der Waals surface area contributed by atoms with Crippen molar-refractivity contribution in [2.75, 3.05) is 30.9 Å². The number of carbonyl (C=O) groups is 1. The van der Waals surface area contributed by atoms with Gasteiger partial charge in [0.15, 0.2) is 0 Å². The molecular weight excluding hydrogens is 410 g/mol. The van der Waals surface area contributed by atoms with Crippen LogP contribution in [-0.4, -0.2) is 45.4 Å². The molecule has 1 aliphatic rings. The van der Waals surface area contributed by atoms with Crippen LogP contribution in [0.1, 0.15) is 47.7 Å². The zero-order valence-corrected chi connectivity index (χ0v) is 19.5. The van der Waals surface area contributed by atoms with E-state index in [1.165, 1.54) is 12.8 Å². The summed E-state index contributed by atoms with van der Waals surface area (Å²) < 4.78 is 28.0. The fourth-order valence-corrected chi connectivity index (χ4v) is 4.92. The predicted octanol–water partition coefficient (Wildman–Crippen LogP) is 3.96. The van der Waals surface area contributed by atoms with E-state index in [-0.39, 0.29) is 10.8 Å². The molecule has 2 aromatic rings. The van der Waals surface area contributed by atoms with E-state index in [0.29, 0.717) is 23.4 Å². The van der Waals surface area contributed by atoms with Gasteiger partial charge in [-0.1, -0.05) is 30.7 Å². The first kappa shape index (κ1) is 23.3. The highest BCUT2D eigenvalue weighted by molar-refractivity contribution is 7.92. The van der Waals surface area contributed by atoms with Gasteiger partial charge < -0.3 is 10.2 Å². The van der Waals surface area contributed by atoms with Crippen molar-refractivity contribution in [3.05, 3.63) is 59.2 Å². The van der Waals surface area contributed by atoms with Crippen molar-refractivity contribution in [1.82, 2.24) is 10.2 Å². The average Bonchev–Trinajstić information content (AvgIpc) is 2.74. The number of hydrogen-bond acceptors (Lipinski definition) is 4. The normalized spacial score (nSPS) is 15.6. The number of rotatable bonds is 8. The monoisotopic (exact) mass is 443 g/mol. The predicted molar refractivity (Wildman–Crippen MR) is 125 cm³/mol. The number of amides is 1. The molecule has 1 amide bonds. The SMILES string of the molecule is Cc1ccc(S(=O)(=O)Nc2cccc(C(=O)NCCCN3CCC(C)CC3)c2C)cc1. The minimum absolute atomic E-state index is 0.179. The molecule has 0 bridgehead atoms. The molecule has 0 aromatic heterocycles. The number of hydrogen-bond donors (Lipinski definition) is 2. The molecule has 1 fully saturated rings. The van der Waals surface area contributed by atoms with Gasteiger partial charge >= 0.3 is 0 Å². The topological polar surface area (TPSA) is 78.5 Å². The molecule has 0 radical (unpaired) electrons. The first-order valence-corrected chi connectivity index (χ1v) is 12.4. The molecule has 0 unspecified atom stereocenters. The molecule has 7 heteroatoms. The molecule has 0 aliphatic carbocycles. The Morgan fingerprint density at radius 3 is 2.42 bits per heavy atom. The van der Waals surface area contributed by atoms with Crippen LogP contribution in [0.15, 0.2) is 47.4 Å². The van der Waals surface area contributed by atoms with Crippen molar-refractivity contribution < 1.29 is 13.2 Å². The van der Waals surface area contributed by atoms with E-state index >= 15 is 0 Å². The van der Waals surface area contributed by atoms with Crippen LogP contribution in [0, 0.1) is 19.8 Å². The van der Waals surface area contributed by atoms with Crippen LogP contribution < -0.4 is 10.0 Å². The molecule has 3 rings (SSSR count). The Bertz CT molecular complexity index is 995. The lowest BCUT2D eigenvalue weighted by atomic mass is 9.99. The molecule has 168 valence electrons. The highest BCUT2D eigenvalue weighted by Gasteiger charge is 2.18. The average molecular weight is 444 g/mol. The van der Waals surface area contributed by atoms with Crippen molar-refractivity contribution in [1.29, 1.82) is 0 Å². The van der Waals surface area contributed by atoms with Gasteiger partial charge in [0.1, 0.15) is 0 Å². The fourth-order valence-electron chi connectivity index (χ4n) is 3.80. The first-order valence-electron chi connectivity index (χ1n) is 11.0. The van der Waals surface area contributed by atoms with E-state index in [1.54, 1.807) is 49.4 Å². The molecule has 0 atom stereocenters. The number of nitrogens with zero attached hydrogens (tertiary/aromatic N) is 1. The van der Waals surface area contributed by atoms with Crippen LogP contribution in [0.4, 0.5) is 5.69 Å². The summed E-state index contributed by atoms with van der Waals surface area (Å²) in [6.45, 7) is 9.83. The molecule has 0 saturated carbocycles. The molecule has 1 aliphatic heterocycles. The maximum atomic E-state index is 12.7. The van der Waals surface area contributed by atoms with Gasteiger partial charge in [-0.05, 0) is 88.5 Å². The highest BCUT2D eigenvalue weighted by Crippen LogP contribution is 2.23. The Kier molecular flexibility index (Phi) is 7.73. The third-order valence-corrected chi connectivity index (χ3v) is 7.35. The number of sulfonamides is 1. The van der Waals surface area contributed by atoms with Crippen LogP contribution in [0.2, 0.25) is 0 Å². The summed E-state index contributed by atoms with van der Waals surface area (Å²) in [4.78, 5) is 15.3. The van der Waals surface area contributed by atoms with E-state index in [1.807, 2.05) is 6.92 Å². The number of nitrogens with one attached hydrogen (secondary N) is 2. The van der Waals surface area contributed by atoms with Crippen molar-refractivity contribution in [3.63, 3.8) is 0 Å². The quantitative estimate of drug-likeness (QED) is 0.606. The summed E-state index contributed by atoms with van der Waals surface area (Å²) >= 11 is 0. The zero-order valence-electron chi connectivity index (χ0n) is 18.6. The Balaban J connectivity index is 1.58. The zero-order chi connectivity index (χ0) is 22.4. The number of anilines is 1. The van der Waals surface area contributed by atoms with Gasteiger partial charge in [0, 0.05) is 12.1 Å². The smallest absolute Gasteiger partial charge is 0.261 e. The second-order valence-corrected chi connectivity index (χ2v) is 10.2. The lowest BCUT2D eigenvalue weighted by molar-refractivity contribution is 0.0950. The summed E-state index contributed by atoms with van der Waals surface area (Å²) in [7, 11) is -3.72. The summed E-state index contributed by atoms with van der Waals surface area (Å²) in [5, 5.41) is 2.97. The molecule has 1 heterocycles. The second-order valence-electron chi connectivity index (χ2n) is 8.53. The maximum Gasteiger partial charge on any atom is 0.261 e. The number of piperidine rings is 1. The second kappa shape index (κ2) is 10.3. The van der Waals surface area contributed by atoms with Gasteiger partial charge in [0.25, 0.3) is 15.9 Å². The number of likely N-dealkylation sites (tertiary alicyclic amines) is 1. The third-order valence-electron chi connectivity index (χ3n) is 5.97. The summed E-state index contributed by atoms with van der Waals surface area (Å²) in [5.74, 6) is 0.635. The number of carbonyl (C=O) groups excluding carboxylic acids is 1. The van der Waals surface area contributed by atoms with Crippen LogP contribution in [-0.2, 0) is 10.0 Å². The van der Waals surface area contributed by atoms with Gasteiger partial charge in [-0.15, -0.1) is 0 Å². The fraction of sp³-hybridized carbons (Fsp3) is 0.458. The Labute approximate surface area is 186 Å². The van der Waals surface area contributed by atoms with Crippen molar-refractivity contribution in [2.24, 2.45) is 5.92 Å². The van der Waals surface area contributed by atoms with E-state index in [4.69, 9.17) is 0 Å².